The van der Waals surface area contributed by atoms with Gasteiger partial charge in [-0.15, -0.1) is 0 Å². The van der Waals surface area contributed by atoms with Gasteiger partial charge in [-0.25, -0.2) is 0 Å². The first-order chi connectivity index (χ1) is 9.17. The monoisotopic (exact) mass is 265 g/mol. The molecule has 1 saturated carbocycles. The number of nitrogens with one attached hydrogen (secondary N) is 3. The zero-order chi connectivity index (χ0) is 13.7. The number of carbonyl (C=O) groups is 2. The molecule has 104 valence electrons. The van der Waals surface area contributed by atoms with Gasteiger partial charge in [0, 0.05) is 32.3 Å². The molecule has 7 heteroatoms. The highest BCUT2D eigenvalue weighted by atomic mass is 16.2. The molecule has 7 nitrogen and oxygen atoms in total. The molecule has 1 aliphatic carbocycles. The van der Waals surface area contributed by atoms with Crippen LogP contribution in [0.25, 0.3) is 0 Å². The van der Waals surface area contributed by atoms with E-state index >= 15 is 0 Å². The summed E-state index contributed by atoms with van der Waals surface area (Å²) in [5.74, 6) is -0.178. The standard InChI is InChI=1S/C12H19N5O2/c1-13-12(19)8-17-7-10(6-15-17)16-11(18)4-5-14-9-2-3-9/h6-7,9,14H,2-5,8H2,1H3,(H,13,19)(H,16,18). The number of anilines is 1. The van der Waals surface area contributed by atoms with Crippen molar-refractivity contribution >= 4 is 17.5 Å². The lowest BCUT2D eigenvalue weighted by molar-refractivity contribution is -0.121. The number of amides is 2. The summed E-state index contributed by atoms with van der Waals surface area (Å²) in [6.07, 6.45) is 6.05. The molecular weight excluding hydrogens is 246 g/mol. The molecule has 0 spiro atoms. The van der Waals surface area contributed by atoms with Crippen molar-refractivity contribution in [3.05, 3.63) is 12.4 Å². The summed E-state index contributed by atoms with van der Waals surface area (Å²) in [6, 6.07) is 0.614. The predicted octanol–water partition coefficient (Wildman–Crippen LogP) is -0.290. The van der Waals surface area contributed by atoms with Crippen LogP contribution in [0.5, 0.6) is 0 Å². The van der Waals surface area contributed by atoms with E-state index in [0.717, 1.165) is 0 Å². The normalized spacial score (nSPS) is 14.2. The van der Waals surface area contributed by atoms with Gasteiger partial charge in [-0.2, -0.15) is 5.10 Å². The Kier molecular flexibility index (Phi) is 4.51. The molecule has 0 atom stereocenters. The number of likely N-dealkylation sites (N-methyl/N-ethyl adjacent to an activating group) is 1. The molecule has 1 aromatic rings. The van der Waals surface area contributed by atoms with E-state index in [-0.39, 0.29) is 18.4 Å². The molecule has 0 unspecified atom stereocenters. The molecule has 2 rings (SSSR count). The molecule has 0 aromatic carbocycles. The van der Waals surface area contributed by atoms with E-state index in [1.165, 1.54) is 23.7 Å². The smallest absolute Gasteiger partial charge is 0.241 e. The molecule has 19 heavy (non-hydrogen) atoms. The first-order valence-corrected chi connectivity index (χ1v) is 6.43. The van der Waals surface area contributed by atoms with E-state index in [1.807, 2.05) is 0 Å². The Balaban J connectivity index is 1.71. The second-order valence-electron chi connectivity index (χ2n) is 4.63. The minimum absolute atomic E-state index is 0.0485. The van der Waals surface area contributed by atoms with Crippen molar-refractivity contribution in [2.24, 2.45) is 0 Å². The zero-order valence-corrected chi connectivity index (χ0v) is 11.0. The van der Waals surface area contributed by atoms with Crippen molar-refractivity contribution in [2.75, 3.05) is 18.9 Å². The maximum atomic E-state index is 11.6. The van der Waals surface area contributed by atoms with Crippen molar-refractivity contribution in [3.63, 3.8) is 0 Å². The lowest BCUT2D eigenvalue weighted by Gasteiger charge is -2.03. The summed E-state index contributed by atoms with van der Waals surface area (Å²) in [4.78, 5) is 22.8. The van der Waals surface area contributed by atoms with Crippen LogP contribution in [0.15, 0.2) is 12.4 Å². The summed E-state index contributed by atoms with van der Waals surface area (Å²) in [5, 5.41) is 12.5. The van der Waals surface area contributed by atoms with Crippen LogP contribution in [-0.2, 0) is 16.1 Å². The van der Waals surface area contributed by atoms with Gasteiger partial charge in [0.25, 0.3) is 0 Å². The fraction of sp³-hybridized carbons (Fsp3) is 0.583. The topological polar surface area (TPSA) is 88.0 Å². The molecule has 1 aliphatic rings. The molecule has 2 amide bonds. The summed E-state index contributed by atoms with van der Waals surface area (Å²) in [7, 11) is 1.57. The zero-order valence-electron chi connectivity index (χ0n) is 11.0. The minimum Gasteiger partial charge on any atom is -0.358 e. The largest absolute Gasteiger partial charge is 0.358 e. The van der Waals surface area contributed by atoms with Gasteiger partial charge >= 0.3 is 0 Å². The van der Waals surface area contributed by atoms with E-state index in [4.69, 9.17) is 0 Å². The second kappa shape index (κ2) is 6.33. The van der Waals surface area contributed by atoms with Gasteiger partial charge in [-0.3, -0.25) is 14.3 Å². The lowest BCUT2D eigenvalue weighted by Crippen LogP contribution is -2.24. The third-order valence-corrected chi connectivity index (χ3v) is 2.86. The Hall–Kier alpha value is -1.89. The van der Waals surface area contributed by atoms with Crippen LogP contribution in [-0.4, -0.2) is 41.2 Å². The van der Waals surface area contributed by atoms with Crippen LogP contribution in [0.4, 0.5) is 5.69 Å². The van der Waals surface area contributed by atoms with Crippen LogP contribution in [0.1, 0.15) is 19.3 Å². The lowest BCUT2D eigenvalue weighted by atomic mass is 10.4. The van der Waals surface area contributed by atoms with Crippen molar-refractivity contribution in [3.8, 4) is 0 Å². The summed E-state index contributed by atoms with van der Waals surface area (Å²) >= 11 is 0. The molecule has 3 N–H and O–H groups in total. The van der Waals surface area contributed by atoms with Gasteiger partial charge in [-0.05, 0) is 12.8 Å². The highest BCUT2D eigenvalue weighted by Gasteiger charge is 2.20. The predicted molar refractivity (Wildman–Crippen MR) is 70.6 cm³/mol. The number of nitrogens with zero attached hydrogens (tertiary/aromatic N) is 2. The Labute approximate surface area is 111 Å². The maximum absolute atomic E-state index is 11.6. The van der Waals surface area contributed by atoms with Crippen LogP contribution in [0.2, 0.25) is 0 Å². The van der Waals surface area contributed by atoms with Gasteiger partial charge in [0.1, 0.15) is 6.54 Å². The van der Waals surface area contributed by atoms with E-state index in [2.05, 4.69) is 21.0 Å². The van der Waals surface area contributed by atoms with Crippen molar-refractivity contribution in [1.29, 1.82) is 0 Å². The molecular formula is C12H19N5O2. The Bertz CT molecular complexity index is 453. The van der Waals surface area contributed by atoms with E-state index in [9.17, 15) is 9.59 Å². The number of carbonyl (C=O) groups excluding carboxylic acids is 2. The van der Waals surface area contributed by atoms with E-state index in [0.29, 0.717) is 24.7 Å². The third kappa shape index (κ3) is 4.70. The minimum atomic E-state index is -0.130. The van der Waals surface area contributed by atoms with Gasteiger partial charge < -0.3 is 16.0 Å². The summed E-state index contributed by atoms with van der Waals surface area (Å²) in [5.41, 5.74) is 0.611. The second-order valence-corrected chi connectivity index (χ2v) is 4.63. The first-order valence-electron chi connectivity index (χ1n) is 6.43. The first kappa shape index (κ1) is 13.5. The number of hydrogen-bond donors (Lipinski definition) is 3. The van der Waals surface area contributed by atoms with Crippen LogP contribution < -0.4 is 16.0 Å². The average Bonchev–Trinajstić information content (AvgIpc) is 3.10. The highest BCUT2D eigenvalue weighted by Crippen LogP contribution is 2.18. The fourth-order valence-electron chi connectivity index (χ4n) is 1.64. The average molecular weight is 265 g/mol. The Morgan fingerprint density at radius 2 is 2.21 bits per heavy atom. The molecule has 0 radical (unpaired) electrons. The van der Waals surface area contributed by atoms with Gasteiger partial charge in [-0.1, -0.05) is 0 Å². The fourth-order valence-corrected chi connectivity index (χ4v) is 1.64. The van der Waals surface area contributed by atoms with Crippen molar-refractivity contribution in [2.45, 2.75) is 31.8 Å². The molecule has 0 aliphatic heterocycles. The third-order valence-electron chi connectivity index (χ3n) is 2.86. The van der Waals surface area contributed by atoms with Crippen molar-refractivity contribution < 1.29 is 9.59 Å². The van der Waals surface area contributed by atoms with Gasteiger partial charge in [0.05, 0.1) is 11.9 Å². The van der Waals surface area contributed by atoms with Crippen molar-refractivity contribution in [1.82, 2.24) is 20.4 Å². The SMILES string of the molecule is CNC(=O)Cn1cc(NC(=O)CCNC2CC2)cn1. The number of hydrogen-bond acceptors (Lipinski definition) is 4. The highest BCUT2D eigenvalue weighted by molar-refractivity contribution is 5.90. The van der Waals surface area contributed by atoms with E-state index in [1.54, 1.807) is 13.2 Å². The number of rotatable bonds is 7. The summed E-state index contributed by atoms with van der Waals surface area (Å²) < 4.78 is 1.48. The Morgan fingerprint density at radius 1 is 1.42 bits per heavy atom. The quantitative estimate of drug-likeness (QED) is 0.632. The summed E-state index contributed by atoms with van der Waals surface area (Å²) in [6.45, 7) is 0.846. The van der Waals surface area contributed by atoms with Gasteiger partial charge in [0.2, 0.25) is 11.8 Å². The van der Waals surface area contributed by atoms with Gasteiger partial charge in [0.15, 0.2) is 0 Å². The number of aromatic nitrogens is 2. The van der Waals surface area contributed by atoms with Crippen LogP contribution in [0, 0.1) is 0 Å². The molecule has 0 bridgehead atoms. The Morgan fingerprint density at radius 3 is 2.89 bits per heavy atom. The molecule has 1 aromatic heterocycles. The van der Waals surface area contributed by atoms with Crippen LogP contribution >= 0.6 is 0 Å². The molecule has 1 heterocycles. The van der Waals surface area contributed by atoms with Crippen LogP contribution in [0.3, 0.4) is 0 Å². The molecule has 0 saturated heterocycles. The van der Waals surface area contributed by atoms with E-state index < -0.39 is 0 Å². The molecule has 1 fully saturated rings. The maximum Gasteiger partial charge on any atom is 0.241 e.